The lowest BCUT2D eigenvalue weighted by Crippen LogP contribution is -3.15. The van der Waals surface area contributed by atoms with Gasteiger partial charge in [-0.3, -0.25) is 13.9 Å². The van der Waals surface area contributed by atoms with E-state index in [0.717, 1.165) is 58.3 Å². The molecule has 0 radical (unpaired) electrons. The highest BCUT2D eigenvalue weighted by atomic mass is 16.5. The first kappa shape index (κ1) is 20.3. The van der Waals surface area contributed by atoms with Crippen LogP contribution in [0.3, 0.4) is 0 Å². The Morgan fingerprint density at radius 1 is 1.10 bits per heavy atom. The minimum Gasteiger partial charge on any atom is -0.370 e. The van der Waals surface area contributed by atoms with Crippen molar-refractivity contribution in [1.29, 1.82) is 0 Å². The van der Waals surface area contributed by atoms with Gasteiger partial charge in [-0.2, -0.15) is 0 Å². The number of aryl methyl sites for hydroxylation is 1. The van der Waals surface area contributed by atoms with Crippen LogP contribution in [-0.2, 0) is 31.9 Å². The van der Waals surface area contributed by atoms with Crippen LogP contribution in [0.15, 0.2) is 9.59 Å². The Balaban J connectivity index is 1.73. The summed E-state index contributed by atoms with van der Waals surface area (Å²) in [6, 6.07) is 0.591. The second-order valence-corrected chi connectivity index (χ2v) is 8.65. The van der Waals surface area contributed by atoms with Crippen molar-refractivity contribution >= 4 is 11.2 Å². The number of nitrogens with one attached hydrogen (secondary N) is 2. The smallest absolute Gasteiger partial charge is 0.332 e. The maximum Gasteiger partial charge on any atom is 0.332 e. The number of aromatic nitrogens is 4. The minimum absolute atomic E-state index is 0.250. The lowest BCUT2D eigenvalue weighted by Gasteiger charge is -2.30. The van der Waals surface area contributed by atoms with Crippen LogP contribution in [0, 0.1) is 0 Å². The van der Waals surface area contributed by atoms with Crippen LogP contribution in [-0.4, -0.2) is 64.1 Å². The second kappa shape index (κ2) is 8.41. The quantitative estimate of drug-likeness (QED) is 0.567. The van der Waals surface area contributed by atoms with Crippen molar-refractivity contribution in [1.82, 2.24) is 18.7 Å². The van der Waals surface area contributed by atoms with Crippen LogP contribution in [0.5, 0.6) is 0 Å². The number of morpholine rings is 1. The molecule has 0 spiro atoms. The lowest BCUT2D eigenvalue weighted by atomic mass is 10.0. The lowest BCUT2D eigenvalue weighted by molar-refractivity contribution is -0.942. The number of imidazole rings is 1. The van der Waals surface area contributed by atoms with Gasteiger partial charge in [-0.15, -0.1) is 0 Å². The minimum atomic E-state index is -0.323. The molecular weight excluding hydrogens is 372 g/mol. The number of ether oxygens (including phenoxy) is 1. The molecule has 2 aromatic heterocycles. The Kier molecular flexibility index (Phi) is 5.89. The zero-order valence-electron chi connectivity index (χ0n) is 17.9. The van der Waals surface area contributed by atoms with Gasteiger partial charge in [0.05, 0.1) is 38.9 Å². The highest BCUT2D eigenvalue weighted by Crippen LogP contribution is 2.11. The molecule has 2 aromatic rings. The molecule has 4 heterocycles. The van der Waals surface area contributed by atoms with Gasteiger partial charge < -0.3 is 19.1 Å². The summed E-state index contributed by atoms with van der Waals surface area (Å²) < 4.78 is 10.3. The first-order valence-electron chi connectivity index (χ1n) is 10.9. The maximum atomic E-state index is 13.0. The fourth-order valence-electron chi connectivity index (χ4n) is 4.77. The Bertz CT molecular complexity index is 985. The summed E-state index contributed by atoms with van der Waals surface area (Å²) in [5.74, 6) is 0.926. The van der Waals surface area contributed by atoms with Gasteiger partial charge in [0.1, 0.15) is 19.6 Å². The highest BCUT2D eigenvalue weighted by molar-refractivity contribution is 5.71. The second-order valence-electron chi connectivity index (χ2n) is 8.65. The highest BCUT2D eigenvalue weighted by Gasteiger charge is 2.27. The van der Waals surface area contributed by atoms with E-state index >= 15 is 0 Å². The average Bonchev–Trinajstić information content (AvgIpc) is 3.10. The van der Waals surface area contributed by atoms with Crippen molar-refractivity contribution in [3.05, 3.63) is 26.7 Å². The van der Waals surface area contributed by atoms with Crippen molar-refractivity contribution in [3.8, 4) is 0 Å². The summed E-state index contributed by atoms with van der Waals surface area (Å²) in [4.78, 5) is 33.3. The van der Waals surface area contributed by atoms with E-state index in [9.17, 15) is 9.59 Å². The molecule has 2 aliphatic rings. The van der Waals surface area contributed by atoms with E-state index in [-0.39, 0.29) is 11.2 Å². The van der Waals surface area contributed by atoms with Gasteiger partial charge in [-0.1, -0.05) is 0 Å². The molecule has 29 heavy (non-hydrogen) atoms. The molecule has 1 unspecified atom stereocenters. The summed E-state index contributed by atoms with van der Waals surface area (Å²) in [6.07, 6.45) is 3.75. The molecule has 0 saturated carbocycles. The molecule has 0 bridgehead atoms. The zero-order chi connectivity index (χ0) is 20.5. The van der Waals surface area contributed by atoms with Crippen molar-refractivity contribution in [2.45, 2.75) is 45.3 Å². The molecule has 2 atom stereocenters. The van der Waals surface area contributed by atoms with Crippen molar-refractivity contribution in [3.63, 3.8) is 0 Å². The molecule has 9 nitrogen and oxygen atoms in total. The van der Waals surface area contributed by atoms with Crippen molar-refractivity contribution in [2.75, 3.05) is 39.4 Å². The van der Waals surface area contributed by atoms with Crippen LogP contribution >= 0.6 is 0 Å². The summed E-state index contributed by atoms with van der Waals surface area (Å²) in [7, 11) is 3.25. The van der Waals surface area contributed by atoms with Gasteiger partial charge >= 0.3 is 5.69 Å². The summed E-state index contributed by atoms with van der Waals surface area (Å²) >= 11 is 0. The fraction of sp³-hybridized carbons (Fsp3) is 0.750. The van der Waals surface area contributed by atoms with E-state index in [1.165, 1.54) is 38.2 Å². The average molecular weight is 407 g/mol. The first-order chi connectivity index (χ1) is 14.0. The molecule has 0 aliphatic carbocycles. The van der Waals surface area contributed by atoms with Crippen molar-refractivity contribution in [2.24, 2.45) is 14.1 Å². The van der Waals surface area contributed by atoms with Gasteiger partial charge in [0.15, 0.2) is 17.0 Å². The van der Waals surface area contributed by atoms with Crippen LogP contribution in [0.1, 0.15) is 32.0 Å². The van der Waals surface area contributed by atoms with E-state index in [1.54, 1.807) is 14.1 Å². The molecule has 4 rings (SSSR count). The number of likely N-dealkylation sites (tertiary alicyclic amines) is 1. The third-order valence-corrected chi connectivity index (χ3v) is 6.78. The van der Waals surface area contributed by atoms with E-state index in [1.807, 2.05) is 0 Å². The predicted molar refractivity (Wildman–Crippen MR) is 109 cm³/mol. The predicted octanol–water partition coefficient (Wildman–Crippen LogP) is -2.69. The Hall–Kier alpha value is -1.97. The molecule has 2 saturated heterocycles. The Morgan fingerprint density at radius 3 is 2.59 bits per heavy atom. The monoisotopic (exact) mass is 406 g/mol. The SMILES string of the molecule is C[C@H]1CCCC[NH+]1Cc1nc2c(c(=O)n(C)c(=O)n2C)n1CC[NH+]1CCOCC1. The third-order valence-electron chi connectivity index (χ3n) is 6.78. The van der Waals surface area contributed by atoms with Crippen LogP contribution in [0.25, 0.3) is 11.2 Å². The number of piperidine rings is 1. The normalized spacial score (nSPS) is 23.7. The van der Waals surface area contributed by atoms with E-state index < -0.39 is 0 Å². The van der Waals surface area contributed by atoms with Crippen LogP contribution in [0.2, 0.25) is 0 Å². The third kappa shape index (κ3) is 3.91. The van der Waals surface area contributed by atoms with E-state index in [2.05, 4.69) is 11.5 Å². The van der Waals surface area contributed by atoms with Crippen LogP contribution in [0.4, 0.5) is 0 Å². The molecule has 160 valence electrons. The van der Waals surface area contributed by atoms with E-state index in [4.69, 9.17) is 9.72 Å². The summed E-state index contributed by atoms with van der Waals surface area (Å²) in [5, 5.41) is 0. The maximum absolute atomic E-state index is 13.0. The van der Waals surface area contributed by atoms with Gasteiger partial charge in [0.2, 0.25) is 0 Å². The molecule has 2 N–H and O–H groups in total. The van der Waals surface area contributed by atoms with Gasteiger partial charge in [-0.05, 0) is 26.2 Å². The number of hydrogen-bond acceptors (Lipinski definition) is 4. The fourth-order valence-corrected chi connectivity index (χ4v) is 4.77. The summed E-state index contributed by atoms with van der Waals surface area (Å²) in [6.45, 7) is 9.46. The van der Waals surface area contributed by atoms with Gasteiger partial charge in [0.25, 0.3) is 5.56 Å². The molecule has 0 amide bonds. The first-order valence-corrected chi connectivity index (χ1v) is 10.9. The van der Waals surface area contributed by atoms with Gasteiger partial charge in [0, 0.05) is 14.1 Å². The standard InChI is InChI=1S/C20H32N6O3/c1-15-6-4-5-7-25(15)14-16-21-18-17(19(27)23(3)20(28)22(18)2)26(16)9-8-24-10-12-29-13-11-24/h15H,4-14H2,1-3H3/p+2/t15-/m0/s1. The summed E-state index contributed by atoms with van der Waals surface area (Å²) in [5.41, 5.74) is 0.493. The molecule has 9 heteroatoms. The topological polar surface area (TPSA) is 79.9 Å². The molecule has 2 fully saturated rings. The molecule has 0 aromatic carbocycles. The van der Waals surface area contributed by atoms with Gasteiger partial charge in [-0.25, -0.2) is 9.78 Å². The number of quaternary nitrogens is 2. The molecular formula is C20H34N6O3+2. The van der Waals surface area contributed by atoms with E-state index in [0.29, 0.717) is 17.2 Å². The number of hydrogen-bond donors (Lipinski definition) is 2. The largest absolute Gasteiger partial charge is 0.370 e. The Labute approximate surface area is 170 Å². The number of nitrogens with zero attached hydrogens (tertiary/aromatic N) is 4. The van der Waals surface area contributed by atoms with Crippen molar-refractivity contribution < 1.29 is 14.5 Å². The van der Waals surface area contributed by atoms with Crippen LogP contribution < -0.4 is 21.0 Å². The Morgan fingerprint density at radius 2 is 1.86 bits per heavy atom. The molecule has 2 aliphatic heterocycles. The number of rotatable bonds is 5. The zero-order valence-corrected chi connectivity index (χ0v) is 17.9. The number of fused-ring (bicyclic) bond motifs is 1.